The molecule has 0 fully saturated rings. The Bertz CT molecular complexity index is 1210. The zero-order chi connectivity index (χ0) is 20.7. The zero-order valence-electron chi connectivity index (χ0n) is 16.5. The fraction of sp³-hybridized carbons (Fsp3) is 0.174. The highest BCUT2D eigenvalue weighted by molar-refractivity contribution is 9.10. The lowest BCUT2D eigenvalue weighted by Gasteiger charge is -2.11. The number of methoxy groups -OCH3 is 2. The molecule has 0 bridgehead atoms. The number of aryl methyl sites for hydroxylation is 2. The zero-order valence-corrected chi connectivity index (χ0v) is 18.1. The molecule has 5 nitrogen and oxygen atoms in total. The third-order valence-electron chi connectivity index (χ3n) is 4.88. The predicted molar refractivity (Wildman–Crippen MR) is 117 cm³/mol. The molecule has 0 radical (unpaired) electrons. The summed E-state index contributed by atoms with van der Waals surface area (Å²) in [4.78, 5) is 4.53. The number of rotatable bonds is 4. The number of ether oxygens (including phenoxy) is 2. The number of fused-ring (bicyclic) bond motifs is 1. The van der Waals surface area contributed by atoms with Gasteiger partial charge in [0.2, 0.25) is 5.89 Å². The van der Waals surface area contributed by atoms with Gasteiger partial charge in [0.25, 0.3) is 0 Å². The van der Waals surface area contributed by atoms with Gasteiger partial charge in [0, 0.05) is 4.47 Å². The highest BCUT2D eigenvalue weighted by atomic mass is 79.9. The molecule has 0 unspecified atom stereocenters. The Labute approximate surface area is 177 Å². The topological polar surface area (TPSA) is 64.7 Å². The number of benzene rings is 3. The number of phenols is 1. The first kappa shape index (κ1) is 19.3. The van der Waals surface area contributed by atoms with Crippen LogP contribution < -0.4 is 9.47 Å². The molecule has 0 saturated carbocycles. The average molecular weight is 454 g/mol. The van der Waals surface area contributed by atoms with Crippen LogP contribution in [0.4, 0.5) is 0 Å². The maximum atomic E-state index is 10.5. The van der Waals surface area contributed by atoms with Crippen LogP contribution in [0.15, 0.2) is 51.4 Å². The highest BCUT2D eigenvalue weighted by Crippen LogP contribution is 2.41. The van der Waals surface area contributed by atoms with Gasteiger partial charge in [-0.2, -0.15) is 0 Å². The van der Waals surface area contributed by atoms with Crippen LogP contribution in [0.2, 0.25) is 0 Å². The molecule has 0 spiro atoms. The predicted octanol–water partition coefficient (Wildman–Crippen LogP) is 6.26. The quantitative estimate of drug-likeness (QED) is 0.394. The Morgan fingerprint density at radius 3 is 2.31 bits per heavy atom. The fourth-order valence-corrected chi connectivity index (χ4v) is 3.99. The Morgan fingerprint density at radius 1 is 0.931 bits per heavy atom. The minimum Gasteiger partial charge on any atom is -0.504 e. The molecular formula is C23H20BrNO4. The standard InChI is InChI=1S/C23H20BrNO4/c1-12-7-15(8-13(2)22(12)28-4)14-5-6-18-19(9-14)29-23(25-18)17-10-16(24)11-20(27-3)21(17)26/h5-11,26H,1-4H3. The van der Waals surface area contributed by atoms with Gasteiger partial charge in [-0.15, -0.1) is 0 Å². The van der Waals surface area contributed by atoms with Crippen molar-refractivity contribution in [3.63, 3.8) is 0 Å². The summed E-state index contributed by atoms with van der Waals surface area (Å²) in [6.45, 7) is 4.06. The molecule has 0 atom stereocenters. The van der Waals surface area contributed by atoms with E-state index in [2.05, 4.69) is 33.0 Å². The summed E-state index contributed by atoms with van der Waals surface area (Å²) in [5.74, 6) is 1.57. The van der Waals surface area contributed by atoms with E-state index in [1.165, 1.54) is 7.11 Å². The molecule has 3 aromatic carbocycles. The Morgan fingerprint density at radius 2 is 1.66 bits per heavy atom. The number of aromatic hydroxyl groups is 1. The number of hydrogen-bond donors (Lipinski definition) is 1. The van der Waals surface area contributed by atoms with E-state index < -0.39 is 0 Å². The molecule has 0 saturated heterocycles. The van der Waals surface area contributed by atoms with Crippen molar-refractivity contribution in [2.75, 3.05) is 14.2 Å². The summed E-state index contributed by atoms with van der Waals surface area (Å²) in [5.41, 5.74) is 6.06. The number of aromatic nitrogens is 1. The fourth-order valence-electron chi connectivity index (χ4n) is 3.55. The average Bonchev–Trinajstić information content (AvgIpc) is 3.12. The van der Waals surface area contributed by atoms with E-state index in [-0.39, 0.29) is 5.75 Å². The third kappa shape index (κ3) is 3.44. The van der Waals surface area contributed by atoms with Crippen molar-refractivity contribution < 1.29 is 19.0 Å². The Hall–Kier alpha value is -2.99. The molecule has 6 heteroatoms. The van der Waals surface area contributed by atoms with Crippen LogP contribution in [0.25, 0.3) is 33.7 Å². The number of nitrogens with zero attached hydrogens (tertiary/aromatic N) is 1. The second kappa shape index (κ2) is 7.44. The van der Waals surface area contributed by atoms with Crippen LogP contribution in [0.3, 0.4) is 0 Å². The van der Waals surface area contributed by atoms with Crippen LogP contribution in [0.5, 0.6) is 17.2 Å². The molecule has 0 amide bonds. The first-order valence-corrected chi connectivity index (χ1v) is 9.83. The first-order chi connectivity index (χ1) is 13.9. The van der Waals surface area contributed by atoms with Crippen molar-refractivity contribution in [1.82, 2.24) is 4.98 Å². The molecule has 148 valence electrons. The van der Waals surface area contributed by atoms with Gasteiger partial charge in [-0.05, 0) is 72.5 Å². The Balaban J connectivity index is 1.81. The molecule has 1 aromatic heterocycles. The third-order valence-corrected chi connectivity index (χ3v) is 5.33. The SMILES string of the molecule is COc1cc(Br)cc(-c2nc3ccc(-c4cc(C)c(OC)c(C)c4)cc3o2)c1O. The number of halogens is 1. The smallest absolute Gasteiger partial charge is 0.231 e. The van der Waals surface area contributed by atoms with Crippen molar-refractivity contribution in [2.24, 2.45) is 0 Å². The molecule has 1 N–H and O–H groups in total. The van der Waals surface area contributed by atoms with Crippen LogP contribution in [-0.2, 0) is 0 Å². The van der Waals surface area contributed by atoms with E-state index in [4.69, 9.17) is 13.9 Å². The first-order valence-electron chi connectivity index (χ1n) is 9.04. The van der Waals surface area contributed by atoms with E-state index in [1.54, 1.807) is 19.2 Å². The van der Waals surface area contributed by atoms with Gasteiger partial charge >= 0.3 is 0 Å². The lowest BCUT2D eigenvalue weighted by molar-refractivity contribution is 0.373. The van der Waals surface area contributed by atoms with Gasteiger partial charge < -0.3 is 19.0 Å². The van der Waals surface area contributed by atoms with Gasteiger partial charge in [-0.25, -0.2) is 4.98 Å². The summed E-state index contributed by atoms with van der Waals surface area (Å²) >= 11 is 3.43. The molecule has 0 aliphatic heterocycles. The van der Waals surface area contributed by atoms with Crippen molar-refractivity contribution in [3.8, 4) is 39.8 Å². The van der Waals surface area contributed by atoms with E-state index in [1.807, 2.05) is 32.0 Å². The van der Waals surface area contributed by atoms with E-state index >= 15 is 0 Å². The van der Waals surface area contributed by atoms with Crippen molar-refractivity contribution in [1.29, 1.82) is 0 Å². The number of hydrogen-bond acceptors (Lipinski definition) is 5. The molecule has 29 heavy (non-hydrogen) atoms. The highest BCUT2D eigenvalue weighted by Gasteiger charge is 2.17. The van der Waals surface area contributed by atoms with Crippen molar-refractivity contribution in [2.45, 2.75) is 13.8 Å². The van der Waals surface area contributed by atoms with E-state index in [9.17, 15) is 5.11 Å². The largest absolute Gasteiger partial charge is 0.504 e. The van der Waals surface area contributed by atoms with Crippen LogP contribution in [0.1, 0.15) is 11.1 Å². The maximum Gasteiger partial charge on any atom is 0.231 e. The molecule has 0 aliphatic carbocycles. The summed E-state index contributed by atoms with van der Waals surface area (Å²) in [5, 5.41) is 10.5. The molecule has 0 aliphatic rings. The van der Waals surface area contributed by atoms with Gasteiger partial charge in [0.1, 0.15) is 11.3 Å². The summed E-state index contributed by atoms with van der Waals surface area (Å²) < 4.78 is 17.4. The second-order valence-electron chi connectivity index (χ2n) is 6.85. The summed E-state index contributed by atoms with van der Waals surface area (Å²) in [7, 11) is 3.19. The van der Waals surface area contributed by atoms with Gasteiger partial charge in [-0.1, -0.05) is 22.0 Å². The number of phenolic OH excluding ortho intramolecular Hbond substituents is 1. The maximum absolute atomic E-state index is 10.5. The van der Waals surface area contributed by atoms with Crippen LogP contribution in [0, 0.1) is 13.8 Å². The minimum atomic E-state index is -0.0103. The van der Waals surface area contributed by atoms with E-state index in [0.29, 0.717) is 28.3 Å². The van der Waals surface area contributed by atoms with Crippen LogP contribution >= 0.6 is 15.9 Å². The lowest BCUT2D eigenvalue weighted by atomic mass is 9.99. The Kier molecular flexibility index (Phi) is 4.96. The monoisotopic (exact) mass is 453 g/mol. The van der Waals surface area contributed by atoms with Crippen molar-refractivity contribution >= 4 is 27.0 Å². The summed E-state index contributed by atoms with van der Waals surface area (Å²) in [6, 6.07) is 13.5. The van der Waals surface area contributed by atoms with Gasteiger partial charge in [0.05, 0.1) is 19.8 Å². The van der Waals surface area contributed by atoms with Crippen LogP contribution in [-0.4, -0.2) is 24.3 Å². The number of oxazole rings is 1. The second-order valence-corrected chi connectivity index (χ2v) is 7.76. The molecular weight excluding hydrogens is 434 g/mol. The van der Waals surface area contributed by atoms with Gasteiger partial charge in [0.15, 0.2) is 17.1 Å². The lowest BCUT2D eigenvalue weighted by Crippen LogP contribution is -1.92. The molecule has 4 rings (SSSR count). The van der Waals surface area contributed by atoms with Crippen molar-refractivity contribution in [3.05, 3.63) is 58.1 Å². The minimum absolute atomic E-state index is 0.0103. The summed E-state index contributed by atoms with van der Waals surface area (Å²) in [6.07, 6.45) is 0. The van der Waals surface area contributed by atoms with Gasteiger partial charge in [-0.3, -0.25) is 0 Å². The van der Waals surface area contributed by atoms with E-state index in [0.717, 1.165) is 32.5 Å². The molecule has 4 aromatic rings. The normalized spacial score (nSPS) is 11.1. The molecule has 1 heterocycles.